The van der Waals surface area contributed by atoms with Crippen LogP contribution in [-0.4, -0.2) is 36.1 Å². The van der Waals surface area contributed by atoms with Crippen LogP contribution in [-0.2, 0) is 14.8 Å². The molecule has 0 N–H and O–H groups in total. The summed E-state index contributed by atoms with van der Waals surface area (Å²) >= 11 is 0. The molecule has 1 aromatic rings. The molecule has 1 heterocycles. The molecule has 3 amide bonds. The minimum atomic E-state index is -4.16. The summed E-state index contributed by atoms with van der Waals surface area (Å²) < 4.78 is 26.2. The zero-order valence-corrected chi connectivity index (χ0v) is 16.4. The molecule has 0 radical (unpaired) electrons. The van der Waals surface area contributed by atoms with Gasteiger partial charge in [0.05, 0.1) is 4.90 Å². The highest BCUT2D eigenvalue weighted by molar-refractivity contribution is 7.89. The van der Waals surface area contributed by atoms with Crippen LogP contribution in [0.1, 0.15) is 45.1 Å². The Hall–Kier alpha value is -2.15. The quantitative estimate of drug-likeness (QED) is 0.511. The van der Waals surface area contributed by atoms with E-state index < -0.39 is 22.0 Å². The number of imide groups is 1. The van der Waals surface area contributed by atoms with Gasteiger partial charge in [-0.3, -0.25) is 9.69 Å². The molecule has 142 valence electrons. The van der Waals surface area contributed by atoms with E-state index in [2.05, 4.69) is 13.5 Å². The van der Waals surface area contributed by atoms with Crippen molar-refractivity contribution in [1.29, 1.82) is 0 Å². The van der Waals surface area contributed by atoms with Gasteiger partial charge in [-0.1, -0.05) is 57.4 Å². The average molecular weight is 378 g/mol. The number of carbonyl (C=O) groups is 2. The van der Waals surface area contributed by atoms with E-state index in [1.165, 1.54) is 12.1 Å². The van der Waals surface area contributed by atoms with Gasteiger partial charge in [-0.2, -0.15) is 4.31 Å². The maximum atomic E-state index is 12.9. The van der Waals surface area contributed by atoms with Gasteiger partial charge < -0.3 is 0 Å². The Morgan fingerprint density at radius 2 is 1.73 bits per heavy atom. The number of hydrogen-bond donors (Lipinski definition) is 0. The Balaban J connectivity index is 2.28. The van der Waals surface area contributed by atoms with Crippen LogP contribution in [0.3, 0.4) is 0 Å². The molecule has 1 unspecified atom stereocenters. The second-order valence-corrected chi connectivity index (χ2v) is 8.43. The van der Waals surface area contributed by atoms with Crippen LogP contribution in [0.5, 0.6) is 0 Å². The molecule has 0 aliphatic carbocycles. The van der Waals surface area contributed by atoms with Gasteiger partial charge in [-0.05, 0) is 31.4 Å². The molecule has 26 heavy (non-hydrogen) atoms. The van der Waals surface area contributed by atoms with E-state index in [1.54, 1.807) is 12.1 Å². The average Bonchev–Trinajstić information content (AvgIpc) is 2.82. The maximum Gasteiger partial charge on any atom is 0.345 e. The highest BCUT2D eigenvalue weighted by Gasteiger charge is 2.47. The monoisotopic (exact) mass is 378 g/mol. The van der Waals surface area contributed by atoms with Crippen molar-refractivity contribution in [2.24, 2.45) is 5.92 Å². The second kappa shape index (κ2) is 8.03. The van der Waals surface area contributed by atoms with Crippen LogP contribution in [0, 0.1) is 12.8 Å². The lowest BCUT2D eigenvalue weighted by Gasteiger charge is -2.21. The zero-order valence-electron chi connectivity index (χ0n) is 15.6. The number of hydrogen-bond acceptors (Lipinski definition) is 4. The lowest BCUT2D eigenvalue weighted by Crippen LogP contribution is -2.38. The van der Waals surface area contributed by atoms with Gasteiger partial charge in [0.2, 0.25) is 0 Å². The first kappa shape index (κ1) is 20.2. The smallest absolute Gasteiger partial charge is 0.267 e. The molecule has 1 fully saturated rings. The molecule has 1 aliphatic rings. The van der Waals surface area contributed by atoms with Crippen molar-refractivity contribution in [2.75, 3.05) is 6.54 Å². The van der Waals surface area contributed by atoms with Gasteiger partial charge in [-0.15, -0.1) is 0 Å². The van der Waals surface area contributed by atoms with Crippen molar-refractivity contribution in [2.45, 2.75) is 51.3 Å². The van der Waals surface area contributed by atoms with E-state index in [4.69, 9.17) is 0 Å². The van der Waals surface area contributed by atoms with E-state index in [9.17, 15) is 18.0 Å². The summed E-state index contributed by atoms with van der Waals surface area (Å²) in [5.74, 6) is -0.488. The Bertz CT molecular complexity index is 799. The molecular formula is C19H26N2O4S. The fourth-order valence-corrected chi connectivity index (χ4v) is 4.32. The van der Waals surface area contributed by atoms with Crippen LogP contribution in [0.2, 0.25) is 0 Å². The largest absolute Gasteiger partial charge is 0.345 e. The summed E-state index contributed by atoms with van der Waals surface area (Å²) in [5, 5.41) is 0. The number of urea groups is 1. The number of benzene rings is 1. The second-order valence-electron chi connectivity index (χ2n) is 6.64. The maximum absolute atomic E-state index is 12.9. The lowest BCUT2D eigenvalue weighted by atomic mass is 9.99. The molecule has 1 saturated heterocycles. The van der Waals surface area contributed by atoms with Crippen LogP contribution in [0.25, 0.3) is 0 Å². The van der Waals surface area contributed by atoms with E-state index in [1.807, 2.05) is 13.8 Å². The molecule has 2 rings (SSSR count). The summed E-state index contributed by atoms with van der Waals surface area (Å²) in [7, 11) is -4.16. The van der Waals surface area contributed by atoms with Crippen molar-refractivity contribution in [1.82, 2.24) is 9.21 Å². The third kappa shape index (κ3) is 3.82. The van der Waals surface area contributed by atoms with Crippen molar-refractivity contribution >= 4 is 22.0 Å². The molecule has 0 bridgehead atoms. The lowest BCUT2D eigenvalue weighted by molar-refractivity contribution is -0.123. The summed E-state index contributed by atoms with van der Waals surface area (Å²) in [6.07, 6.45) is 3.73. The van der Waals surface area contributed by atoms with Gasteiger partial charge >= 0.3 is 6.03 Å². The van der Waals surface area contributed by atoms with Crippen molar-refractivity contribution in [3.8, 4) is 0 Å². The normalized spacial score (nSPS) is 16.5. The Morgan fingerprint density at radius 1 is 1.12 bits per heavy atom. The highest BCUT2D eigenvalue weighted by atomic mass is 32.2. The Kier molecular flexibility index (Phi) is 6.23. The summed E-state index contributed by atoms with van der Waals surface area (Å²) in [6, 6.07) is 5.31. The van der Waals surface area contributed by atoms with Gasteiger partial charge in [0.25, 0.3) is 15.9 Å². The SMILES string of the molecule is C=C1C(=O)N(CC(CC)CCCC)C(=O)N1S(=O)(=O)c1ccc(C)cc1. The van der Waals surface area contributed by atoms with E-state index >= 15 is 0 Å². The summed E-state index contributed by atoms with van der Waals surface area (Å²) in [6.45, 7) is 9.69. The molecule has 6 nitrogen and oxygen atoms in total. The fraction of sp³-hybridized carbons (Fsp3) is 0.474. The third-order valence-corrected chi connectivity index (χ3v) is 6.41. The predicted molar refractivity (Wildman–Crippen MR) is 99.8 cm³/mol. The first-order valence-corrected chi connectivity index (χ1v) is 10.3. The number of unbranched alkanes of at least 4 members (excludes halogenated alkanes) is 1. The van der Waals surface area contributed by atoms with E-state index in [0.717, 1.165) is 36.1 Å². The molecule has 0 saturated carbocycles. The molecule has 0 spiro atoms. The van der Waals surface area contributed by atoms with Crippen LogP contribution in [0.15, 0.2) is 41.4 Å². The van der Waals surface area contributed by atoms with Gasteiger partial charge in [0.1, 0.15) is 5.70 Å². The number of rotatable bonds is 8. The standard InChI is InChI=1S/C19H26N2O4S/c1-5-7-8-16(6-2)13-20-18(22)15(4)21(19(20)23)26(24,25)17-11-9-14(3)10-12-17/h9-12,16H,4-8,13H2,1-3H3. The molecule has 1 aromatic carbocycles. The number of nitrogens with zero attached hydrogens (tertiary/aromatic N) is 2. The molecule has 0 aromatic heterocycles. The minimum Gasteiger partial charge on any atom is -0.267 e. The summed E-state index contributed by atoms with van der Waals surface area (Å²) in [4.78, 5) is 26.2. The van der Waals surface area contributed by atoms with Crippen LogP contribution < -0.4 is 0 Å². The van der Waals surface area contributed by atoms with Crippen LogP contribution in [0.4, 0.5) is 4.79 Å². The molecular weight excluding hydrogens is 352 g/mol. The zero-order chi connectivity index (χ0) is 19.5. The van der Waals surface area contributed by atoms with E-state index in [-0.39, 0.29) is 23.1 Å². The van der Waals surface area contributed by atoms with Gasteiger partial charge in [-0.25, -0.2) is 13.2 Å². The van der Waals surface area contributed by atoms with Crippen molar-refractivity contribution in [3.63, 3.8) is 0 Å². The van der Waals surface area contributed by atoms with Crippen molar-refractivity contribution in [3.05, 3.63) is 42.1 Å². The number of amides is 3. The first-order chi connectivity index (χ1) is 12.2. The summed E-state index contributed by atoms with van der Waals surface area (Å²) in [5.41, 5.74) is 0.579. The first-order valence-electron chi connectivity index (χ1n) is 8.90. The number of sulfonamides is 1. The predicted octanol–water partition coefficient (Wildman–Crippen LogP) is 3.68. The number of aryl methyl sites for hydroxylation is 1. The topological polar surface area (TPSA) is 74.8 Å². The van der Waals surface area contributed by atoms with Gasteiger partial charge in [0, 0.05) is 6.54 Å². The highest BCUT2D eigenvalue weighted by Crippen LogP contribution is 2.29. The molecule has 1 aliphatic heterocycles. The third-order valence-electron chi connectivity index (χ3n) is 4.69. The minimum absolute atomic E-state index is 0.0368. The molecule has 7 heteroatoms. The Morgan fingerprint density at radius 3 is 2.27 bits per heavy atom. The number of carbonyl (C=O) groups excluding carboxylic acids is 2. The van der Waals surface area contributed by atoms with Crippen LogP contribution >= 0.6 is 0 Å². The fourth-order valence-electron chi connectivity index (χ4n) is 2.95. The molecule has 1 atom stereocenters. The Labute approximate surface area is 155 Å². The van der Waals surface area contributed by atoms with Gasteiger partial charge in [0.15, 0.2) is 0 Å². The van der Waals surface area contributed by atoms with Crippen molar-refractivity contribution < 1.29 is 18.0 Å². The van der Waals surface area contributed by atoms with E-state index in [0.29, 0.717) is 4.31 Å².